The molecule has 2 N–H and O–H groups in total. The van der Waals surface area contributed by atoms with Gasteiger partial charge in [0.05, 0.1) is 12.2 Å². The number of nitrogens with zero attached hydrogens (tertiary/aromatic N) is 1. The first-order chi connectivity index (χ1) is 19.1. The SMILES string of the molecule is C=C(CCNC(=O)C1CN(C(=O)c2ccc(C)cc2)c2cc(C)ccc2O1)NC(=O)COc1ccc(C)c(C)c1. The molecule has 8 nitrogen and oxygen atoms in total. The first-order valence-electron chi connectivity index (χ1n) is 13.2. The van der Waals surface area contributed by atoms with E-state index in [4.69, 9.17) is 9.47 Å². The molecule has 0 saturated heterocycles. The maximum absolute atomic E-state index is 13.4. The van der Waals surface area contributed by atoms with Crippen molar-refractivity contribution >= 4 is 23.4 Å². The fourth-order valence-electron chi connectivity index (χ4n) is 4.27. The van der Waals surface area contributed by atoms with E-state index in [1.165, 1.54) is 0 Å². The summed E-state index contributed by atoms with van der Waals surface area (Å²) in [6.45, 7) is 11.9. The van der Waals surface area contributed by atoms with Gasteiger partial charge in [0.15, 0.2) is 12.7 Å². The highest BCUT2D eigenvalue weighted by Crippen LogP contribution is 2.35. The van der Waals surface area contributed by atoms with E-state index in [2.05, 4.69) is 17.2 Å². The lowest BCUT2D eigenvalue weighted by molar-refractivity contribution is -0.127. The van der Waals surface area contributed by atoms with Crippen LogP contribution in [0.25, 0.3) is 0 Å². The predicted octanol–water partition coefficient (Wildman–Crippen LogP) is 4.54. The molecule has 1 heterocycles. The molecule has 208 valence electrons. The van der Waals surface area contributed by atoms with E-state index in [1.807, 2.05) is 70.2 Å². The third-order valence-corrected chi connectivity index (χ3v) is 6.75. The minimum Gasteiger partial charge on any atom is -0.484 e. The largest absolute Gasteiger partial charge is 0.484 e. The predicted molar refractivity (Wildman–Crippen MR) is 155 cm³/mol. The third kappa shape index (κ3) is 7.08. The molecular formula is C32H35N3O5. The van der Waals surface area contributed by atoms with Crippen LogP contribution in [0, 0.1) is 27.7 Å². The Kier molecular flexibility index (Phi) is 8.89. The number of nitrogens with one attached hydrogen (secondary N) is 2. The van der Waals surface area contributed by atoms with Gasteiger partial charge in [0.1, 0.15) is 11.5 Å². The molecule has 3 aromatic rings. The van der Waals surface area contributed by atoms with Gasteiger partial charge in [0.25, 0.3) is 17.7 Å². The van der Waals surface area contributed by atoms with Crippen LogP contribution in [0.15, 0.2) is 72.9 Å². The second-order valence-electron chi connectivity index (χ2n) is 10.1. The van der Waals surface area contributed by atoms with Crippen molar-refractivity contribution in [3.8, 4) is 11.5 Å². The van der Waals surface area contributed by atoms with Gasteiger partial charge in [-0.25, -0.2) is 0 Å². The molecule has 1 aliphatic rings. The van der Waals surface area contributed by atoms with Crippen LogP contribution in [0.1, 0.15) is 39.0 Å². The Balaban J connectivity index is 1.30. The minimum absolute atomic E-state index is 0.0719. The van der Waals surface area contributed by atoms with E-state index in [0.717, 1.165) is 22.3 Å². The summed E-state index contributed by atoms with van der Waals surface area (Å²) < 4.78 is 11.5. The monoisotopic (exact) mass is 541 g/mol. The second-order valence-corrected chi connectivity index (χ2v) is 10.1. The van der Waals surface area contributed by atoms with Crippen LogP contribution in [0.3, 0.4) is 0 Å². The van der Waals surface area contributed by atoms with Crippen molar-refractivity contribution in [3.63, 3.8) is 0 Å². The summed E-state index contributed by atoms with van der Waals surface area (Å²) in [5, 5.41) is 5.53. The second kappa shape index (κ2) is 12.5. The number of hydrogen-bond donors (Lipinski definition) is 2. The molecular weight excluding hydrogens is 506 g/mol. The van der Waals surface area contributed by atoms with E-state index in [9.17, 15) is 14.4 Å². The van der Waals surface area contributed by atoms with Crippen LogP contribution in [-0.4, -0.2) is 43.5 Å². The van der Waals surface area contributed by atoms with Crippen LogP contribution in [-0.2, 0) is 9.59 Å². The maximum Gasteiger partial charge on any atom is 0.262 e. The van der Waals surface area contributed by atoms with Crippen molar-refractivity contribution < 1.29 is 23.9 Å². The quantitative estimate of drug-likeness (QED) is 0.415. The van der Waals surface area contributed by atoms with Gasteiger partial charge in [-0.05, 0) is 80.8 Å². The zero-order chi connectivity index (χ0) is 28.8. The Morgan fingerprint density at radius 1 is 0.950 bits per heavy atom. The van der Waals surface area contributed by atoms with Crippen LogP contribution in [0.4, 0.5) is 5.69 Å². The molecule has 0 radical (unpaired) electrons. The lowest BCUT2D eigenvalue weighted by Gasteiger charge is -2.34. The smallest absolute Gasteiger partial charge is 0.262 e. The molecule has 1 atom stereocenters. The number of hydrogen-bond acceptors (Lipinski definition) is 5. The molecule has 0 saturated carbocycles. The number of carbonyl (C=O) groups excluding carboxylic acids is 3. The fraction of sp³-hybridized carbons (Fsp3) is 0.281. The topological polar surface area (TPSA) is 97.0 Å². The zero-order valence-corrected chi connectivity index (χ0v) is 23.4. The number of ether oxygens (including phenoxy) is 2. The van der Waals surface area contributed by atoms with Gasteiger partial charge in [-0.15, -0.1) is 0 Å². The molecule has 1 aliphatic heterocycles. The summed E-state index contributed by atoms with van der Waals surface area (Å²) in [7, 11) is 0. The van der Waals surface area contributed by atoms with Gasteiger partial charge in [0, 0.05) is 24.2 Å². The van der Waals surface area contributed by atoms with Crippen LogP contribution >= 0.6 is 0 Å². The van der Waals surface area contributed by atoms with E-state index in [1.54, 1.807) is 23.1 Å². The molecule has 4 rings (SSSR count). The normalized spacial score (nSPS) is 14.0. The molecule has 3 amide bonds. The van der Waals surface area contributed by atoms with E-state index >= 15 is 0 Å². The lowest BCUT2D eigenvalue weighted by Crippen LogP contribution is -2.51. The number of carbonyl (C=O) groups is 3. The molecule has 0 aromatic heterocycles. The van der Waals surface area contributed by atoms with Crippen molar-refractivity contribution in [2.75, 3.05) is 24.6 Å². The molecule has 0 spiro atoms. The molecule has 8 heteroatoms. The van der Waals surface area contributed by atoms with Crippen molar-refractivity contribution in [1.29, 1.82) is 0 Å². The summed E-state index contributed by atoms with van der Waals surface area (Å²) >= 11 is 0. The standard InChI is InChI=1S/C32H35N3O5/c1-20-6-10-25(11-7-20)32(38)35-18-29(40-28-13-8-21(2)16-27(28)35)31(37)33-15-14-24(5)34-30(36)19-39-26-12-9-22(3)23(4)17-26/h6-13,16-17,29H,5,14-15,18-19H2,1-4H3,(H,33,37)(H,34,36). The number of anilines is 1. The van der Waals surface area contributed by atoms with Gasteiger partial charge < -0.3 is 25.0 Å². The van der Waals surface area contributed by atoms with Crippen molar-refractivity contribution in [2.45, 2.75) is 40.2 Å². The zero-order valence-electron chi connectivity index (χ0n) is 23.4. The molecule has 0 bridgehead atoms. The number of fused-ring (bicyclic) bond motifs is 1. The van der Waals surface area contributed by atoms with Crippen LogP contribution in [0.5, 0.6) is 11.5 Å². The Labute approximate surface area is 235 Å². The van der Waals surface area contributed by atoms with E-state index in [-0.39, 0.29) is 37.4 Å². The lowest BCUT2D eigenvalue weighted by atomic mass is 10.1. The minimum atomic E-state index is -0.890. The molecule has 0 aliphatic carbocycles. The van der Waals surface area contributed by atoms with Crippen molar-refractivity contribution in [3.05, 3.63) is 101 Å². The highest BCUT2D eigenvalue weighted by atomic mass is 16.5. The third-order valence-electron chi connectivity index (χ3n) is 6.75. The van der Waals surface area contributed by atoms with Gasteiger partial charge in [-0.2, -0.15) is 0 Å². The fourth-order valence-corrected chi connectivity index (χ4v) is 4.27. The molecule has 40 heavy (non-hydrogen) atoms. The number of amides is 3. The maximum atomic E-state index is 13.4. The highest BCUT2D eigenvalue weighted by Gasteiger charge is 2.34. The van der Waals surface area contributed by atoms with Crippen molar-refractivity contribution in [2.24, 2.45) is 0 Å². The summed E-state index contributed by atoms with van der Waals surface area (Å²) in [4.78, 5) is 40.3. The Morgan fingerprint density at radius 2 is 1.68 bits per heavy atom. The molecule has 1 unspecified atom stereocenters. The summed E-state index contributed by atoms with van der Waals surface area (Å²) in [5.74, 6) is 0.202. The number of aryl methyl sites for hydroxylation is 4. The summed E-state index contributed by atoms with van der Waals surface area (Å²) in [5.41, 5.74) is 5.89. The Bertz CT molecular complexity index is 1430. The average Bonchev–Trinajstić information content (AvgIpc) is 2.93. The summed E-state index contributed by atoms with van der Waals surface area (Å²) in [6, 6.07) is 18.5. The van der Waals surface area contributed by atoms with E-state index in [0.29, 0.717) is 34.9 Å². The van der Waals surface area contributed by atoms with Crippen LogP contribution in [0.2, 0.25) is 0 Å². The first-order valence-corrected chi connectivity index (χ1v) is 13.2. The van der Waals surface area contributed by atoms with Gasteiger partial charge in [-0.3, -0.25) is 14.4 Å². The number of rotatable bonds is 9. The molecule has 0 fully saturated rings. The van der Waals surface area contributed by atoms with Gasteiger partial charge in [-0.1, -0.05) is 36.4 Å². The highest BCUT2D eigenvalue weighted by molar-refractivity contribution is 6.08. The Hall–Kier alpha value is -4.59. The first kappa shape index (κ1) is 28.4. The molecule has 3 aromatic carbocycles. The van der Waals surface area contributed by atoms with Gasteiger partial charge in [0.2, 0.25) is 0 Å². The van der Waals surface area contributed by atoms with Gasteiger partial charge >= 0.3 is 0 Å². The van der Waals surface area contributed by atoms with E-state index < -0.39 is 6.10 Å². The van der Waals surface area contributed by atoms with Crippen LogP contribution < -0.4 is 25.0 Å². The summed E-state index contributed by atoms with van der Waals surface area (Å²) in [6.07, 6.45) is -0.561. The average molecular weight is 542 g/mol. The Morgan fingerprint density at radius 3 is 2.40 bits per heavy atom. The number of benzene rings is 3. The van der Waals surface area contributed by atoms with Crippen molar-refractivity contribution in [1.82, 2.24) is 10.6 Å².